The number of amides is 1. The van der Waals surface area contributed by atoms with Gasteiger partial charge in [-0.1, -0.05) is 55.0 Å². The predicted molar refractivity (Wildman–Crippen MR) is 123 cm³/mol. The van der Waals surface area contributed by atoms with E-state index in [1.165, 1.54) is 27.8 Å². The summed E-state index contributed by atoms with van der Waals surface area (Å²) in [7, 11) is 0. The third-order valence-electron chi connectivity index (χ3n) is 5.23. The summed E-state index contributed by atoms with van der Waals surface area (Å²) in [5.41, 5.74) is 6.54. The van der Waals surface area contributed by atoms with Crippen molar-refractivity contribution < 1.29 is 4.79 Å². The number of carbonyl (C=O) groups is 1. The van der Waals surface area contributed by atoms with E-state index >= 15 is 0 Å². The first-order valence-corrected chi connectivity index (χ1v) is 10.8. The molecule has 0 saturated carbocycles. The van der Waals surface area contributed by atoms with Crippen molar-refractivity contribution in [2.75, 3.05) is 5.32 Å². The molecule has 2 heterocycles. The molecule has 0 aliphatic carbocycles. The lowest BCUT2D eigenvalue weighted by molar-refractivity contribution is -0.116. The maximum absolute atomic E-state index is 13.0. The molecule has 0 bridgehead atoms. The second-order valence-corrected chi connectivity index (χ2v) is 8.26. The first kappa shape index (κ1) is 20.0. The maximum Gasteiger partial charge on any atom is 0.271 e. The van der Waals surface area contributed by atoms with Crippen LogP contribution in [0.15, 0.2) is 59.0 Å². The van der Waals surface area contributed by atoms with Crippen LogP contribution in [0.2, 0.25) is 0 Å². The Labute approximate surface area is 179 Å². The van der Waals surface area contributed by atoms with Crippen LogP contribution in [-0.2, 0) is 17.8 Å². The fourth-order valence-corrected chi connectivity index (χ4v) is 4.50. The third kappa shape index (κ3) is 3.78. The highest BCUT2D eigenvalue weighted by Gasteiger charge is 2.15. The van der Waals surface area contributed by atoms with Crippen LogP contribution in [0.4, 0.5) is 5.69 Å². The summed E-state index contributed by atoms with van der Waals surface area (Å²) >= 11 is 1.37. The van der Waals surface area contributed by atoms with Crippen molar-refractivity contribution in [2.45, 2.75) is 33.7 Å². The van der Waals surface area contributed by atoms with E-state index in [4.69, 9.17) is 0 Å². The molecule has 0 fully saturated rings. The number of fused-ring (bicyclic) bond motifs is 1. The zero-order valence-electron chi connectivity index (χ0n) is 17.2. The first-order chi connectivity index (χ1) is 14.5. The number of hydrogen-bond acceptors (Lipinski definition) is 4. The zero-order chi connectivity index (χ0) is 21.3. The maximum atomic E-state index is 13.0. The third-order valence-corrected chi connectivity index (χ3v) is 6.18. The Hall–Kier alpha value is -3.25. The van der Waals surface area contributed by atoms with Crippen LogP contribution < -0.4 is 10.9 Å². The molecule has 0 aliphatic rings. The number of aryl methyl sites for hydroxylation is 3. The average Bonchev–Trinajstić information content (AvgIpc) is 3.17. The minimum absolute atomic E-state index is 0.0724. The van der Waals surface area contributed by atoms with Crippen molar-refractivity contribution in [1.82, 2.24) is 9.55 Å². The highest BCUT2D eigenvalue weighted by molar-refractivity contribution is 7.17. The Morgan fingerprint density at radius 3 is 2.63 bits per heavy atom. The van der Waals surface area contributed by atoms with Gasteiger partial charge in [-0.25, -0.2) is 4.98 Å². The van der Waals surface area contributed by atoms with Crippen molar-refractivity contribution in [3.63, 3.8) is 0 Å². The predicted octanol–water partition coefficient (Wildman–Crippen LogP) is 4.94. The molecule has 4 rings (SSSR count). The SMILES string of the molecule is CCc1cccc(C)c1NC(=O)Cn1cnc2c(-c3ccc(C)cc3)csc2c1=O. The number of anilines is 1. The summed E-state index contributed by atoms with van der Waals surface area (Å²) in [6.07, 6.45) is 2.29. The van der Waals surface area contributed by atoms with Gasteiger partial charge in [0.2, 0.25) is 5.91 Å². The standard InChI is InChI=1S/C24H23N3O2S/c1-4-17-7-5-6-16(3)21(17)26-20(28)12-27-14-25-22-19(13-30-23(22)24(27)29)18-10-8-15(2)9-11-18/h5-11,13-14H,4,12H2,1-3H3,(H,26,28). The summed E-state index contributed by atoms with van der Waals surface area (Å²) in [5, 5.41) is 4.92. The molecule has 0 atom stereocenters. The molecule has 1 N–H and O–H groups in total. The minimum atomic E-state index is -0.238. The van der Waals surface area contributed by atoms with Crippen molar-refractivity contribution in [2.24, 2.45) is 0 Å². The summed E-state index contributed by atoms with van der Waals surface area (Å²) in [4.78, 5) is 30.1. The summed E-state index contributed by atoms with van der Waals surface area (Å²) < 4.78 is 1.93. The van der Waals surface area contributed by atoms with E-state index in [1.54, 1.807) is 0 Å². The molecule has 2 aromatic heterocycles. The zero-order valence-corrected chi connectivity index (χ0v) is 18.0. The molecule has 152 valence electrons. The van der Waals surface area contributed by atoms with Crippen LogP contribution in [0.5, 0.6) is 0 Å². The smallest absolute Gasteiger partial charge is 0.271 e. The number of hydrogen-bond donors (Lipinski definition) is 1. The van der Waals surface area contributed by atoms with Crippen LogP contribution >= 0.6 is 11.3 Å². The van der Waals surface area contributed by atoms with Gasteiger partial charge in [0.1, 0.15) is 11.2 Å². The lowest BCUT2D eigenvalue weighted by Gasteiger charge is -2.13. The topological polar surface area (TPSA) is 64.0 Å². The van der Waals surface area contributed by atoms with E-state index in [0.717, 1.165) is 34.4 Å². The molecular weight excluding hydrogens is 394 g/mol. The second-order valence-electron chi connectivity index (χ2n) is 7.38. The number of rotatable bonds is 5. The number of para-hydroxylation sites is 1. The van der Waals surface area contributed by atoms with Gasteiger partial charge in [-0.2, -0.15) is 0 Å². The number of thiophene rings is 1. The summed E-state index contributed by atoms with van der Waals surface area (Å²) in [6.45, 7) is 5.98. The van der Waals surface area contributed by atoms with Crippen LogP contribution in [0, 0.1) is 13.8 Å². The fraction of sp³-hybridized carbons (Fsp3) is 0.208. The molecule has 0 unspecified atom stereocenters. The van der Waals surface area contributed by atoms with E-state index in [2.05, 4.69) is 17.2 Å². The number of aromatic nitrogens is 2. The molecule has 0 radical (unpaired) electrons. The van der Waals surface area contributed by atoms with Gasteiger partial charge in [-0.15, -0.1) is 11.3 Å². The number of carbonyl (C=O) groups excluding carboxylic acids is 1. The quantitative estimate of drug-likeness (QED) is 0.500. The molecule has 0 spiro atoms. The number of benzene rings is 2. The van der Waals surface area contributed by atoms with E-state index < -0.39 is 0 Å². The minimum Gasteiger partial charge on any atom is -0.324 e. The van der Waals surface area contributed by atoms with Gasteiger partial charge in [0.05, 0.1) is 11.8 Å². The lowest BCUT2D eigenvalue weighted by atomic mass is 10.1. The van der Waals surface area contributed by atoms with Gasteiger partial charge in [-0.05, 0) is 37.0 Å². The summed E-state index contributed by atoms with van der Waals surface area (Å²) in [6, 6.07) is 14.1. The van der Waals surface area contributed by atoms with Crippen LogP contribution in [0.1, 0.15) is 23.6 Å². The molecule has 1 amide bonds. The van der Waals surface area contributed by atoms with E-state index in [9.17, 15) is 9.59 Å². The van der Waals surface area contributed by atoms with Crippen LogP contribution in [-0.4, -0.2) is 15.5 Å². The molecule has 5 nitrogen and oxygen atoms in total. The molecule has 2 aromatic carbocycles. The molecule has 30 heavy (non-hydrogen) atoms. The van der Waals surface area contributed by atoms with Crippen molar-refractivity contribution >= 4 is 33.1 Å². The van der Waals surface area contributed by atoms with Crippen molar-refractivity contribution in [3.05, 3.63) is 81.2 Å². The van der Waals surface area contributed by atoms with E-state index in [1.807, 2.05) is 61.7 Å². The molecular formula is C24H23N3O2S. The Kier molecular flexibility index (Phi) is 5.50. The van der Waals surface area contributed by atoms with Gasteiger partial charge in [-0.3, -0.25) is 14.2 Å². The van der Waals surface area contributed by atoms with Crippen LogP contribution in [0.25, 0.3) is 21.3 Å². The normalized spacial score (nSPS) is 11.0. The van der Waals surface area contributed by atoms with Gasteiger partial charge >= 0.3 is 0 Å². The van der Waals surface area contributed by atoms with E-state index in [0.29, 0.717) is 10.2 Å². The monoisotopic (exact) mass is 417 g/mol. The van der Waals surface area contributed by atoms with Gasteiger partial charge in [0.25, 0.3) is 5.56 Å². The molecule has 6 heteroatoms. The Bertz CT molecular complexity index is 1290. The van der Waals surface area contributed by atoms with Gasteiger partial charge in [0, 0.05) is 16.6 Å². The van der Waals surface area contributed by atoms with Gasteiger partial charge in [0.15, 0.2) is 0 Å². The fourth-order valence-electron chi connectivity index (χ4n) is 3.53. The Morgan fingerprint density at radius 2 is 1.90 bits per heavy atom. The molecule has 4 aromatic rings. The van der Waals surface area contributed by atoms with Crippen LogP contribution in [0.3, 0.4) is 0 Å². The first-order valence-electron chi connectivity index (χ1n) is 9.90. The number of nitrogens with zero attached hydrogens (tertiary/aromatic N) is 2. The second kappa shape index (κ2) is 8.24. The lowest BCUT2D eigenvalue weighted by Crippen LogP contribution is -2.28. The van der Waals surface area contributed by atoms with Gasteiger partial charge < -0.3 is 5.32 Å². The average molecular weight is 418 g/mol. The largest absolute Gasteiger partial charge is 0.324 e. The highest BCUT2D eigenvalue weighted by atomic mass is 32.1. The number of nitrogens with one attached hydrogen (secondary N) is 1. The Morgan fingerprint density at radius 1 is 1.13 bits per heavy atom. The Balaban J connectivity index is 1.62. The molecule has 0 aliphatic heterocycles. The summed E-state index contributed by atoms with van der Waals surface area (Å²) in [5.74, 6) is -0.238. The van der Waals surface area contributed by atoms with E-state index in [-0.39, 0.29) is 18.0 Å². The van der Waals surface area contributed by atoms with Crippen molar-refractivity contribution in [3.8, 4) is 11.1 Å². The van der Waals surface area contributed by atoms with Crippen molar-refractivity contribution in [1.29, 1.82) is 0 Å². The highest BCUT2D eigenvalue weighted by Crippen LogP contribution is 2.30. The molecule has 0 saturated heterocycles.